The SMILES string of the molecule is C=CCOC(=O)c1cc(C(=O)OCC=C)oc(=O)c1. The van der Waals surface area contributed by atoms with E-state index in [1.54, 1.807) is 0 Å². The average molecular weight is 264 g/mol. The van der Waals surface area contributed by atoms with Crippen LogP contribution in [0.1, 0.15) is 20.9 Å². The summed E-state index contributed by atoms with van der Waals surface area (Å²) >= 11 is 0. The lowest BCUT2D eigenvalue weighted by Crippen LogP contribution is -2.14. The Kier molecular flexibility index (Phi) is 5.28. The van der Waals surface area contributed by atoms with E-state index in [-0.39, 0.29) is 24.5 Å². The van der Waals surface area contributed by atoms with Crippen molar-refractivity contribution in [1.29, 1.82) is 0 Å². The second-order valence-electron chi connectivity index (χ2n) is 3.30. The Morgan fingerprint density at radius 3 is 2.26 bits per heavy atom. The van der Waals surface area contributed by atoms with Crippen LogP contribution in [-0.4, -0.2) is 25.2 Å². The third-order valence-corrected chi connectivity index (χ3v) is 1.87. The van der Waals surface area contributed by atoms with Crippen molar-refractivity contribution in [1.82, 2.24) is 0 Å². The zero-order chi connectivity index (χ0) is 14.3. The fourth-order valence-electron chi connectivity index (χ4n) is 1.12. The summed E-state index contributed by atoms with van der Waals surface area (Å²) in [6, 6.07) is 2.01. The summed E-state index contributed by atoms with van der Waals surface area (Å²) in [6.45, 7) is 6.71. The normalized spacial score (nSPS) is 9.47. The molecule has 0 fully saturated rings. The van der Waals surface area contributed by atoms with Crippen molar-refractivity contribution in [3.8, 4) is 0 Å². The monoisotopic (exact) mass is 264 g/mol. The van der Waals surface area contributed by atoms with Crippen LogP contribution in [0.25, 0.3) is 0 Å². The van der Waals surface area contributed by atoms with Gasteiger partial charge in [-0.2, -0.15) is 0 Å². The van der Waals surface area contributed by atoms with Crippen molar-refractivity contribution in [3.05, 3.63) is 59.2 Å². The van der Waals surface area contributed by atoms with Crippen LogP contribution >= 0.6 is 0 Å². The molecule has 0 aliphatic rings. The Labute approximate surface area is 108 Å². The zero-order valence-corrected chi connectivity index (χ0v) is 10.1. The smallest absolute Gasteiger partial charge is 0.374 e. The van der Waals surface area contributed by atoms with Crippen molar-refractivity contribution >= 4 is 11.9 Å². The van der Waals surface area contributed by atoms with E-state index in [9.17, 15) is 14.4 Å². The van der Waals surface area contributed by atoms with Crippen LogP contribution in [0, 0.1) is 0 Å². The minimum absolute atomic E-state index is 0.00466. The van der Waals surface area contributed by atoms with Gasteiger partial charge >= 0.3 is 17.6 Å². The summed E-state index contributed by atoms with van der Waals surface area (Å²) in [5.41, 5.74) is -0.942. The molecule has 1 heterocycles. The molecule has 0 saturated heterocycles. The molecule has 1 rings (SSSR count). The number of hydrogen-bond donors (Lipinski definition) is 0. The highest BCUT2D eigenvalue weighted by atomic mass is 16.5. The first-order chi connectivity index (χ1) is 9.08. The first-order valence-electron chi connectivity index (χ1n) is 5.29. The Morgan fingerprint density at radius 1 is 1.11 bits per heavy atom. The Balaban J connectivity index is 2.96. The molecule has 0 unspecified atom stereocenters. The molecule has 0 amide bonds. The minimum atomic E-state index is -0.865. The van der Waals surface area contributed by atoms with E-state index in [0.717, 1.165) is 12.1 Å². The van der Waals surface area contributed by atoms with Crippen molar-refractivity contribution in [2.24, 2.45) is 0 Å². The van der Waals surface area contributed by atoms with Crippen molar-refractivity contribution in [2.45, 2.75) is 0 Å². The second kappa shape index (κ2) is 6.95. The molecular formula is C13H12O6. The van der Waals surface area contributed by atoms with Gasteiger partial charge in [-0.15, -0.1) is 0 Å². The van der Waals surface area contributed by atoms with Crippen LogP contribution in [0.15, 0.2) is 46.7 Å². The molecule has 0 spiro atoms. The molecule has 6 nitrogen and oxygen atoms in total. The van der Waals surface area contributed by atoms with Crippen LogP contribution in [-0.2, 0) is 9.47 Å². The molecule has 6 heteroatoms. The summed E-state index contributed by atoms with van der Waals surface area (Å²) in [5, 5.41) is 0. The largest absolute Gasteiger partial charge is 0.458 e. The number of hydrogen-bond acceptors (Lipinski definition) is 6. The summed E-state index contributed by atoms with van der Waals surface area (Å²) in [6.07, 6.45) is 2.74. The molecule has 0 radical (unpaired) electrons. The molecular weight excluding hydrogens is 252 g/mol. The number of ether oxygens (including phenoxy) is 2. The summed E-state index contributed by atoms with van der Waals surface area (Å²) in [5.74, 6) is -2.00. The fourth-order valence-corrected chi connectivity index (χ4v) is 1.12. The lowest BCUT2D eigenvalue weighted by molar-refractivity contribution is 0.0506. The van der Waals surface area contributed by atoms with Gasteiger partial charge in [0.1, 0.15) is 13.2 Å². The van der Waals surface area contributed by atoms with E-state index in [1.807, 2.05) is 0 Å². The van der Waals surface area contributed by atoms with Crippen molar-refractivity contribution in [3.63, 3.8) is 0 Å². The van der Waals surface area contributed by atoms with E-state index in [1.165, 1.54) is 12.2 Å². The van der Waals surface area contributed by atoms with Gasteiger partial charge < -0.3 is 13.9 Å². The molecule has 0 aliphatic heterocycles. The van der Waals surface area contributed by atoms with Gasteiger partial charge in [0.2, 0.25) is 5.76 Å². The van der Waals surface area contributed by atoms with Gasteiger partial charge in [0.05, 0.1) is 5.56 Å². The molecule has 19 heavy (non-hydrogen) atoms. The van der Waals surface area contributed by atoms with E-state index in [4.69, 9.17) is 9.47 Å². The standard InChI is InChI=1S/C13H12O6/c1-3-5-17-12(15)9-7-10(19-11(14)8-9)13(16)18-6-4-2/h3-4,7-8H,1-2,5-6H2. The fraction of sp³-hybridized carbons (Fsp3) is 0.154. The third kappa shape index (κ3) is 4.27. The maximum Gasteiger partial charge on any atom is 0.374 e. The molecule has 0 aliphatic carbocycles. The van der Waals surface area contributed by atoms with Crippen LogP contribution in [0.4, 0.5) is 0 Å². The van der Waals surface area contributed by atoms with Gasteiger partial charge in [0.25, 0.3) is 0 Å². The second-order valence-corrected chi connectivity index (χ2v) is 3.30. The molecule has 0 bridgehead atoms. The van der Waals surface area contributed by atoms with Gasteiger partial charge in [-0.1, -0.05) is 25.3 Å². The molecule has 1 aromatic rings. The Morgan fingerprint density at radius 2 is 1.68 bits per heavy atom. The van der Waals surface area contributed by atoms with Crippen molar-refractivity contribution < 1.29 is 23.5 Å². The van der Waals surface area contributed by atoms with Gasteiger partial charge in [0.15, 0.2) is 0 Å². The molecule has 0 saturated carbocycles. The quantitative estimate of drug-likeness (QED) is 0.569. The van der Waals surface area contributed by atoms with Crippen LogP contribution in [0.3, 0.4) is 0 Å². The number of carbonyl (C=O) groups excluding carboxylic acids is 2. The molecule has 1 aromatic heterocycles. The minimum Gasteiger partial charge on any atom is -0.458 e. The first-order valence-corrected chi connectivity index (χ1v) is 5.29. The predicted molar refractivity (Wildman–Crippen MR) is 65.9 cm³/mol. The maximum atomic E-state index is 11.5. The maximum absolute atomic E-state index is 11.5. The summed E-state index contributed by atoms with van der Waals surface area (Å²) in [7, 11) is 0. The van der Waals surface area contributed by atoms with Crippen LogP contribution in [0.2, 0.25) is 0 Å². The van der Waals surface area contributed by atoms with E-state index in [2.05, 4.69) is 17.6 Å². The van der Waals surface area contributed by atoms with Crippen LogP contribution < -0.4 is 5.63 Å². The predicted octanol–water partition coefficient (Wildman–Crippen LogP) is 1.33. The number of carbonyl (C=O) groups is 2. The molecule has 0 atom stereocenters. The summed E-state index contributed by atoms with van der Waals surface area (Å²) < 4.78 is 14.1. The third-order valence-electron chi connectivity index (χ3n) is 1.87. The zero-order valence-electron chi connectivity index (χ0n) is 10.1. The van der Waals surface area contributed by atoms with E-state index >= 15 is 0 Å². The van der Waals surface area contributed by atoms with Gasteiger partial charge in [-0.25, -0.2) is 14.4 Å². The van der Waals surface area contributed by atoms with Gasteiger partial charge in [0, 0.05) is 12.1 Å². The molecule has 100 valence electrons. The number of rotatable bonds is 6. The topological polar surface area (TPSA) is 82.8 Å². The van der Waals surface area contributed by atoms with Crippen molar-refractivity contribution in [2.75, 3.05) is 13.2 Å². The van der Waals surface area contributed by atoms with Crippen LogP contribution in [0.5, 0.6) is 0 Å². The van der Waals surface area contributed by atoms with E-state index < -0.39 is 17.6 Å². The first kappa shape index (κ1) is 14.4. The number of esters is 2. The molecule has 0 N–H and O–H groups in total. The highest BCUT2D eigenvalue weighted by Gasteiger charge is 2.16. The summed E-state index contributed by atoms with van der Waals surface area (Å²) in [4.78, 5) is 34.2. The molecule has 0 aromatic carbocycles. The lowest BCUT2D eigenvalue weighted by atomic mass is 10.2. The highest BCUT2D eigenvalue weighted by molar-refractivity contribution is 5.93. The highest BCUT2D eigenvalue weighted by Crippen LogP contribution is 2.05. The Hall–Kier alpha value is -2.63. The van der Waals surface area contributed by atoms with Gasteiger partial charge in [-0.3, -0.25) is 0 Å². The van der Waals surface area contributed by atoms with Gasteiger partial charge in [-0.05, 0) is 0 Å². The van der Waals surface area contributed by atoms with E-state index in [0.29, 0.717) is 0 Å². The lowest BCUT2D eigenvalue weighted by Gasteiger charge is -2.03. The average Bonchev–Trinajstić information content (AvgIpc) is 2.41. The Bertz CT molecular complexity index is 509.